The fraction of sp³-hybridized carbons (Fsp3) is 0.0137. The molecule has 0 heterocycles. The van der Waals surface area contributed by atoms with Crippen molar-refractivity contribution in [3.63, 3.8) is 0 Å². The number of anilines is 12. The summed E-state index contributed by atoms with van der Waals surface area (Å²) in [5.74, 6) is 0. The van der Waals surface area contributed by atoms with Gasteiger partial charge < -0.3 is 19.6 Å². The molecule has 0 fully saturated rings. The monoisotopic (exact) mass is 984 g/mol. The fourth-order valence-corrected chi connectivity index (χ4v) is 12.2. The van der Waals surface area contributed by atoms with Gasteiger partial charge in [-0.1, -0.05) is 194 Å². The van der Waals surface area contributed by atoms with Crippen LogP contribution in [0.2, 0.25) is 0 Å². The normalized spacial score (nSPS) is 12.3. The van der Waals surface area contributed by atoms with E-state index in [2.05, 4.69) is 335 Å². The van der Waals surface area contributed by atoms with Gasteiger partial charge >= 0.3 is 0 Å². The number of para-hydroxylation sites is 10. The molecule has 0 N–H and O–H groups in total. The van der Waals surface area contributed by atoms with Crippen molar-refractivity contribution in [3.8, 4) is 22.3 Å². The molecule has 0 aromatic heterocycles. The quantitative estimate of drug-likeness (QED) is 0.121. The van der Waals surface area contributed by atoms with Gasteiger partial charge in [0.1, 0.15) is 0 Å². The van der Waals surface area contributed by atoms with Crippen LogP contribution in [0.25, 0.3) is 22.3 Å². The van der Waals surface area contributed by atoms with Crippen molar-refractivity contribution in [3.05, 3.63) is 338 Å². The first-order chi connectivity index (χ1) is 38.3. The summed E-state index contributed by atoms with van der Waals surface area (Å²) >= 11 is 0. The summed E-state index contributed by atoms with van der Waals surface area (Å²) in [7, 11) is 0. The molecule has 77 heavy (non-hydrogen) atoms. The van der Waals surface area contributed by atoms with Gasteiger partial charge in [-0.05, 0) is 166 Å². The van der Waals surface area contributed by atoms with Crippen LogP contribution in [-0.4, -0.2) is 0 Å². The lowest BCUT2D eigenvalue weighted by molar-refractivity contribution is 0.793. The highest BCUT2D eigenvalue weighted by Crippen LogP contribution is 2.64. The van der Waals surface area contributed by atoms with E-state index in [-0.39, 0.29) is 0 Å². The van der Waals surface area contributed by atoms with Gasteiger partial charge in [-0.25, -0.2) is 0 Å². The molecule has 2 aliphatic rings. The molecule has 0 unspecified atom stereocenters. The fourth-order valence-electron chi connectivity index (χ4n) is 12.2. The van der Waals surface area contributed by atoms with E-state index in [4.69, 9.17) is 0 Å². The standard InChI is InChI=1S/C73H52N4/c1-7-27-53(28-8-1)74(54-29-9-2-10-30-54)69-43-23-25-45-71(69)76(57-35-15-5-16-36-57)59-47-49-63-64-50-48-60(52-68(64)73(67(63)51-59)65-41-21-19-39-61(65)62-40-20-22-42-66(62)73)77(58-37-17-6-18-38-58)72-46-26-24-44-70(72)75(55-31-11-3-12-32-55)56-33-13-4-14-34-56/h1-52H. The highest BCUT2D eigenvalue weighted by molar-refractivity contribution is 6.00. The number of nitrogens with zero attached hydrogens (tertiary/aromatic N) is 4. The Morgan fingerprint density at radius 1 is 0.169 bits per heavy atom. The Hall–Kier alpha value is -10.2. The molecule has 12 aromatic rings. The lowest BCUT2D eigenvalue weighted by Crippen LogP contribution is -2.26. The van der Waals surface area contributed by atoms with Gasteiger partial charge in [-0.3, -0.25) is 0 Å². The summed E-state index contributed by atoms with van der Waals surface area (Å²) in [6, 6.07) is 115. The van der Waals surface area contributed by atoms with Gasteiger partial charge in [0, 0.05) is 45.5 Å². The van der Waals surface area contributed by atoms with Crippen molar-refractivity contribution >= 4 is 68.2 Å². The molecule has 14 rings (SSSR count). The third-order valence-corrected chi connectivity index (χ3v) is 15.4. The molecule has 364 valence electrons. The van der Waals surface area contributed by atoms with Gasteiger partial charge in [-0.15, -0.1) is 0 Å². The van der Waals surface area contributed by atoms with Gasteiger partial charge in [0.2, 0.25) is 0 Å². The number of hydrogen-bond acceptors (Lipinski definition) is 4. The molecule has 0 saturated heterocycles. The summed E-state index contributed by atoms with van der Waals surface area (Å²) in [5, 5.41) is 0. The molecule has 0 aliphatic heterocycles. The molecular formula is C73H52N4. The van der Waals surface area contributed by atoms with Crippen LogP contribution in [0.15, 0.2) is 315 Å². The molecule has 0 atom stereocenters. The van der Waals surface area contributed by atoms with Gasteiger partial charge in [0.25, 0.3) is 0 Å². The third kappa shape index (κ3) is 7.61. The van der Waals surface area contributed by atoms with E-state index in [1.807, 2.05) is 0 Å². The van der Waals surface area contributed by atoms with E-state index in [0.717, 1.165) is 68.2 Å². The largest absolute Gasteiger partial charge is 0.308 e. The van der Waals surface area contributed by atoms with Gasteiger partial charge in [-0.2, -0.15) is 0 Å². The van der Waals surface area contributed by atoms with Crippen LogP contribution in [0.4, 0.5) is 68.2 Å². The summed E-state index contributed by atoms with van der Waals surface area (Å²) in [5.41, 5.74) is 22.2. The number of benzene rings is 12. The van der Waals surface area contributed by atoms with E-state index in [9.17, 15) is 0 Å². The Kier molecular flexibility index (Phi) is 11.4. The maximum atomic E-state index is 2.49. The molecule has 1 spiro atoms. The SMILES string of the molecule is c1ccc(N(c2ccccc2)c2ccccc2N(c2ccccc2)c2ccc3c(c2)C2(c4ccccc4-c4ccccc42)c2cc(N(c4ccccc4)c4ccccc4N(c4ccccc4)c4ccccc4)ccc2-3)cc1. The molecule has 2 aliphatic carbocycles. The van der Waals surface area contributed by atoms with Crippen molar-refractivity contribution in [2.24, 2.45) is 0 Å². The molecule has 4 nitrogen and oxygen atoms in total. The molecule has 0 amide bonds. The summed E-state index contributed by atoms with van der Waals surface area (Å²) in [6.45, 7) is 0. The number of hydrogen-bond donors (Lipinski definition) is 0. The van der Waals surface area contributed by atoms with Crippen LogP contribution in [0.3, 0.4) is 0 Å². The molecule has 0 radical (unpaired) electrons. The van der Waals surface area contributed by atoms with E-state index in [0.29, 0.717) is 0 Å². The van der Waals surface area contributed by atoms with Crippen LogP contribution in [-0.2, 0) is 5.41 Å². The van der Waals surface area contributed by atoms with Crippen molar-refractivity contribution in [2.45, 2.75) is 5.41 Å². The molecule has 4 heteroatoms. The summed E-state index contributed by atoms with van der Waals surface area (Å²) < 4.78 is 0. The molecule has 0 saturated carbocycles. The van der Waals surface area contributed by atoms with Crippen molar-refractivity contribution in [2.75, 3.05) is 19.6 Å². The van der Waals surface area contributed by atoms with Crippen molar-refractivity contribution < 1.29 is 0 Å². The summed E-state index contributed by atoms with van der Waals surface area (Å²) in [4.78, 5) is 9.64. The first-order valence-electron chi connectivity index (χ1n) is 26.4. The predicted octanol–water partition coefficient (Wildman–Crippen LogP) is 19.9. The van der Waals surface area contributed by atoms with Crippen LogP contribution >= 0.6 is 0 Å². The van der Waals surface area contributed by atoms with E-state index in [1.165, 1.54) is 44.5 Å². The zero-order valence-electron chi connectivity index (χ0n) is 42.3. The maximum Gasteiger partial charge on any atom is 0.0727 e. The minimum atomic E-state index is -0.659. The van der Waals surface area contributed by atoms with Crippen LogP contribution in [0.5, 0.6) is 0 Å². The second-order valence-electron chi connectivity index (χ2n) is 19.6. The highest BCUT2D eigenvalue weighted by Gasteiger charge is 2.52. The number of fused-ring (bicyclic) bond motifs is 10. The lowest BCUT2D eigenvalue weighted by Gasteiger charge is -2.35. The van der Waals surface area contributed by atoms with Crippen molar-refractivity contribution in [1.29, 1.82) is 0 Å². The maximum absolute atomic E-state index is 2.49. The van der Waals surface area contributed by atoms with Crippen LogP contribution < -0.4 is 19.6 Å². The molecule has 12 aromatic carbocycles. The second-order valence-corrected chi connectivity index (χ2v) is 19.6. The topological polar surface area (TPSA) is 13.0 Å². The van der Waals surface area contributed by atoms with E-state index in [1.54, 1.807) is 0 Å². The Morgan fingerprint density at radius 3 is 0.675 bits per heavy atom. The molecule has 0 bridgehead atoms. The van der Waals surface area contributed by atoms with Gasteiger partial charge in [0.15, 0.2) is 0 Å². The average molecular weight is 985 g/mol. The Labute approximate surface area is 450 Å². The van der Waals surface area contributed by atoms with Crippen molar-refractivity contribution in [1.82, 2.24) is 0 Å². The van der Waals surface area contributed by atoms with E-state index < -0.39 is 5.41 Å². The first-order valence-corrected chi connectivity index (χ1v) is 26.4. The smallest absolute Gasteiger partial charge is 0.0727 e. The Balaban J connectivity index is 1.00. The van der Waals surface area contributed by atoms with E-state index >= 15 is 0 Å². The Morgan fingerprint density at radius 2 is 0.390 bits per heavy atom. The van der Waals surface area contributed by atoms with Crippen LogP contribution in [0, 0.1) is 0 Å². The second kappa shape index (κ2) is 19.3. The summed E-state index contributed by atoms with van der Waals surface area (Å²) in [6.07, 6.45) is 0. The minimum absolute atomic E-state index is 0.659. The Bertz CT molecular complexity index is 3710. The zero-order chi connectivity index (χ0) is 51.1. The first kappa shape index (κ1) is 45.5. The molecular weight excluding hydrogens is 933 g/mol. The highest BCUT2D eigenvalue weighted by atomic mass is 15.2. The average Bonchev–Trinajstić information content (AvgIpc) is 4.14. The van der Waals surface area contributed by atoms with Gasteiger partial charge in [0.05, 0.1) is 28.2 Å². The minimum Gasteiger partial charge on any atom is -0.308 e. The number of rotatable bonds is 12. The van der Waals surface area contributed by atoms with Crippen LogP contribution in [0.1, 0.15) is 22.3 Å². The predicted molar refractivity (Wildman–Crippen MR) is 321 cm³/mol. The lowest BCUT2D eigenvalue weighted by atomic mass is 9.70. The zero-order valence-corrected chi connectivity index (χ0v) is 42.3. The third-order valence-electron chi connectivity index (χ3n) is 15.4.